The largest absolute Gasteiger partial charge is 0.382 e. The second-order valence-electron chi connectivity index (χ2n) is 4.44. The molecular weight excluding hydrogens is 288 g/mol. The maximum absolute atomic E-state index is 11.6. The average molecular weight is 308 g/mol. The first-order chi connectivity index (χ1) is 10.6. The molecule has 0 saturated heterocycles. The Kier molecular flexibility index (Phi) is 8.47. The standard InChI is InChI=1S/C15H20N2O5/c1-21-10-11-22-9-3-8-16-15(18)7-6-13-4-2-5-14(12-13)17(19)20/h2,4-7,12H,3,8-11H2,1H3,(H,16,18)/b7-6+. The molecule has 0 bridgehead atoms. The van der Waals surface area contributed by atoms with Crippen LogP contribution in [0, 0.1) is 10.1 Å². The van der Waals surface area contributed by atoms with Crippen molar-refractivity contribution < 1.29 is 19.2 Å². The molecular formula is C15H20N2O5. The van der Waals surface area contributed by atoms with E-state index in [1.165, 1.54) is 24.3 Å². The van der Waals surface area contributed by atoms with Gasteiger partial charge >= 0.3 is 0 Å². The third-order valence-electron chi connectivity index (χ3n) is 2.70. The van der Waals surface area contributed by atoms with Gasteiger partial charge in [0, 0.05) is 38.5 Å². The summed E-state index contributed by atoms with van der Waals surface area (Å²) in [4.78, 5) is 21.7. The number of nitro benzene ring substituents is 1. The Hall–Kier alpha value is -2.25. The number of amides is 1. The monoisotopic (exact) mass is 308 g/mol. The van der Waals surface area contributed by atoms with E-state index in [0.717, 1.165) is 0 Å². The van der Waals surface area contributed by atoms with Gasteiger partial charge in [0.05, 0.1) is 18.1 Å². The van der Waals surface area contributed by atoms with Gasteiger partial charge in [-0.05, 0) is 18.1 Å². The highest BCUT2D eigenvalue weighted by molar-refractivity contribution is 5.91. The van der Waals surface area contributed by atoms with Crippen LogP contribution in [-0.2, 0) is 14.3 Å². The molecule has 0 aliphatic carbocycles. The van der Waals surface area contributed by atoms with Crippen LogP contribution in [0.1, 0.15) is 12.0 Å². The summed E-state index contributed by atoms with van der Waals surface area (Å²) in [5.41, 5.74) is 0.600. The first-order valence-corrected chi connectivity index (χ1v) is 6.90. The normalized spacial score (nSPS) is 10.8. The minimum atomic E-state index is -0.471. The van der Waals surface area contributed by atoms with E-state index in [0.29, 0.717) is 38.3 Å². The van der Waals surface area contributed by atoms with E-state index >= 15 is 0 Å². The van der Waals surface area contributed by atoms with Crippen LogP contribution in [0.2, 0.25) is 0 Å². The molecule has 120 valence electrons. The summed E-state index contributed by atoms with van der Waals surface area (Å²) in [5, 5.41) is 13.4. The molecule has 0 spiro atoms. The number of benzene rings is 1. The van der Waals surface area contributed by atoms with Crippen molar-refractivity contribution in [3.8, 4) is 0 Å². The van der Waals surface area contributed by atoms with Crippen molar-refractivity contribution >= 4 is 17.7 Å². The summed E-state index contributed by atoms with van der Waals surface area (Å²) >= 11 is 0. The van der Waals surface area contributed by atoms with Gasteiger partial charge in [0.1, 0.15) is 0 Å². The molecule has 0 saturated carbocycles. The van der Waals surface area contributed by atoms with Crippen molar-refractivity contribution in [1.82, 2.24) is 5.32 Å². The van der Waals surface area contributed by atoms with Gasteiger partial charge in [0.15, 0.2) is 0 Å². The average Bonchev–Trinajstić information content (AvgIpc) is 2.52. The molecule has 0 heterocycles. The zero-order chi connectivity index (χ0) is 16.2. The Morgan fingerprint density at radius 1 is 1.36 bits per heavy atom. The molecule has 1 aromatic rings. The fourth-order valence-electron chi connectivity index (χ4n) is 1.60. The maximum atomic E-state index is 11.6. The van der Waals surface area contributed by atoms with Gasteiger partial charge in [-0.15, -0.1) is 0 Å². The maximum Gasteiger partial charge on any atom is 0.270 e. The van der Waals surface area contributed by atoms with E-state index in [2.05, 4.69) is 5.32 Å². The van der Waals surface area contributed by atoms with Gasteiger partial charge in [-0.2, -0.15) is 0 Å². The number of hydrogen-bond donors (Lipinski definition) is 1. The molecule has 1 amide bonds. The molecule has 7 nitrogen and oxygen atoms in total. The summed E-state index contributed by atoms with van der Waals surface area (Å²) in [7, 11) is 1.61. The number of carbonyl (C=O) groups excluding carboxylic acids is 1. The van der Waals surface area contributed by atoms with Gasteiger partial charge in [-0.25, -0.2) is 0 Å². The number of nitrogens with one attached hydrogen (secondary N) is 1. The predicted molar refractivity (Wildman–Crippen MR) is 82.5 cm³/mol. The Morgan fingerprint density at radius 2 is 2.18 bits per heavy atom. The minimum absolute atomic E-state index is 0.00392. The van der Waals surface area contributed by atoms with E-state index in [4.69, 9.17) is 9.47 Å². The summed E-state index contributed by atoms with van der Waals surface area (Å²) < 4.78 is 10.1. The Balaban J connectivity index is 2.27. The number of non-ortho nitro benzene ring substituents is 1. The quantitative estimate of drug-likeness (QED) is 0.308. The summed E-state index contributed by atoms with van der Waals surface area (Å²) in [6, 6.07) is 6.09. The smallest absolute Gasteiger partial charge is 0.270 e. The van der Waals surface area contributed by atoms with Gasteiger partial charge in [0.25, 0.3) is 5.69 Å². The number of rotatable bonds is 10. The molecule has 0 aliphatic heterocycles. The van der Waals surface area contributed by atoms with E-state index < -0.39 is 4.92 Å². The van der Waals surface area contributed by atoms with Crippen LogP contribution in [0.25, 0.3) is 6.08 Å². The molecule has 7 heteroatoms. The van der Waals surface area contributed by atoms with Crippen molar-refractivity contribution in [2.24, 2.45) is 0 Å². The minimum Gasteiger partial charge on any atom is -0.382 e. The fourth-order valence-corrected chi connectivity index (χ4v) is 1.60. The van der Waals surface area contributed by atoms with Crippen LogP contribution >= 0.6 is 0 Å². The van der Waals surface area contributed by atoms with Crippen LogP contribution in [0.4, 0.5) is 5.69 Å². The molecule has 1 rings (SSSR count). The summed E-state index contributed by atoms with van der Waals surface area (Å²) in [6.45, 7) is 2.15. The SMILES string of the molecule is COCCOCCCNC(=O)/C=C/c1cccc([N+](=O)[O-])c1. The third kappa shape index (κ3) is 7.51. The van der Waals surface area contributed by atoms with Crippen LogP contribution in [-0.4, -0.2) is 44.3 Å². The van der Waals surface area contributed by atoms with Crippen LogP contribution < -0.4 is 5.32 Å². The molecule has 0 unspecified atom stereocenters. The molecule has 0 aliphatic rings. The van der Waals surface area contributed by atoms with Gasteiger partial charge in [0.2, 0.25) is 5.91 Å². The number of carbonyl (C=O) groups is 1. The van der Waals surface area contributed by atoms with Crippen molar-refractivity contribution in [1.29, 1.82) is 0 Å². The molecule has 22 heavy (non-hydrogen) atoms. The van der Waals surface area contributed by atoms with Crippen molar-refractivity contribution in [3.63, 3.8) is 0 Å². The lowest BCUT2D eigenvalue weighted by molar-refractivity contribution is -0.384. The van der Waals surface area contributed by atoms with Gasteiger partial charge < -0.3 is 14.8 Å². The Morgan fingerprint density at radius 3 is 2.91 bits per heavy atom. The van der Waals surface area contributed by atoms with Crippen LogP contribution in [0.5, 0.6) is 0 Å². The van der Waals surface area contributed by atoms with E-state index in [1.54, 1.807) is 19.2 Å². The number of ether oxygens (including phenoxy) is 2. The van der Waals surface area contributed by atoms with E-state index in [9.17, 15) is 14.9 Å². The first kappa shape index (κ1) is 17.8. The zero-order valence-electron chi connectivity index (χ0n) is 12.5. The zero-order valence-corrected chi connectivity index (χ0v) is 12.5. The van der Waals surface area contributed by atoms with E-state index in [-0.39, 0.29) is 11.6 Å². The van der Waals surface area contributed by atoms with Crippen molar-refractivity contribution in [2.45, 2.75) is 6.42 Å². The topological polar surface area (TPSA) is 90.7 Å². The third-order valence-corrected chi connectivity index (χ3v) is 2.70. The highest BCUT2D eigenvalue weighted by Gasteiger charge is 2.04. The number of hydrogen-bond acceptors (Lipinski definition) is 5. The predicted octanol–water partition coefficient (Wildman–Crippen LogP) is 1.78. The number of methoxy groups -OCH3 is 1. The highest BCUT2D eigenvalue weighted by atomic mass is 16.6. The summed E-state index contributed by atoms with van der Waals surface area (Å²) in [6.07, 6.45) is 3.60. The molecule has 1 aromatic carbocycles. The first-order valence-electron chi connectivity index (χ1n) is 6.90. The molecule has 1 N–H and O–H groups in total. The lowest BCUT2D eigenvalue weighted by Crippen LogP contribution is -2.23. The second kappa shape index (κ2) is 10.5. The molecule has 0 aromatic heterocycles. The highest BCUT2D eigenvalue weighted by Crippen LogP contribution is 2.13. The second-order valence-corrected chi connectivity index (χ2v) is 4.44. The van der Waals surface area contributed by atoms with Gasteiger partial charge in [-0.3, -0.25) is 14.9 Å². The molecule has 0 radical (unpaired) electrons. The molecule has 0 fully saturated rings. The van der Waals surface area contributed by atoms with Crippen molar-refractivity contribution in [3.05, 3.63) is 46.0 Å². The van der Waals surface area contributed by atoms with Crippen LogP contribution in [0.15, 0.2) is 30.3 Å². The lowest BCUT2D eigenvalue weighted by Gasteiger charge is -2.04. The van der Waals surface area contributed by atoms with Gasteiger partial charge in [-0.1, -0.05) is 12.1 Å². The Bertz CT molecular complexity index is 516. The number of nitrogens with zero attached hydrogens (tertiary/aromatic N) is 1. The number of nitro groups is 1. The van der Waals surface area contributed by atoms with Crippen molar-refractivity contribution in [2.75, 3.05) is 33.5 Å². The molecule has 0 atom stereocenters. The van der Waals surface area contributed by atoms with E-state index in [1.807, 2.05) is 0 Å². The Labute approximate surface area is 129 Å². The fraction of sp³-hybridized carbons (Fsp3) is 0.400. The van der Waals surface area contributed by atoms with Crippen LogP contribution in [0.3, 0.4) is 0 Å². The summed E-state index contributed by atoms with van der Waals surface area (Å²) in [5.74, 6) is -0.247. The lowest BCUT2D eigenvalue weighted by atomic mass is 10.2.